The van der Waals surface area contributed by atoms with Crippen LogP contribution in [0.5, 0.6) is 11.5 Å². The number of carbonyl (C=O) groups is 1. The Morgan fingerprint density at radius 3 is 2.75 bits per heavy atom. The summed E-state index contributed by atoms with van der Waals surface area (Å²) in [6.07, 6.45) is 1.97. The molecule has 0 spiro atoms. The first-order chi connectivity index (χ1) is 15.3. The van der Waals surface area contributed by atoms with Gasteiger partial charge in [-0.2, -0.15) is 4.31 Å². The van der Waals surface area contributed by atoms with Gasteiger partial charge in [-0.25, -0.2) is 12.8 Å². The normalized spacial score (nSPS) is 21.0. The van der Waals surface area contributed by atoms with Crippen LogP contribution in [0.25, 0.3) is 0 Å². The summed E-state index contributed by atoms with van der Waals surface area (Å²) in [4.78, 5) is 13.1. The molecule has 0 radical (unpaired) electrons. The van der Waals surface area contributed by atoms with Crippen molar-refractivity contribution in [3.05, 3.63) is 47.8 Å². The van der Waals surface area contributed by atoms with Crippen molar-refractivity contribution in [1.82, 2.24) is 4.31 Å². The Morgan fingerprint density at radius 2 is 2.03 bits per heavy atom. The smallest absolute Gasteiger partial charge is 0.243 e. The lowest BCUT2D eigenvalue weighted by molar-refractivity contribution is -0.120. The molecule has 2 aliphatic heterocycles. The molecule has 1 N–H and O–H groups in total. The van der Waals surface area contributed by atoms with Gasteiger partial charge in [0, 0.05) is 31.1 Å². The molecule has 2 aliphatic rings. The third-order valence-corrected chi connectivity index (χ3v) is 7.64. The highest BCUT2D eigenvalue weighted by atomic mass is 32.2. The number of anilines is 1. The molecule has 2 heterocycles. The maximum Gasteiger partial charge on any atom is 0.243 e. The van der Waals surface area contributed by atoms with E-state index in [-0.39, 0.29) is 23.5 Å². The van der Waals surface area contributed by atoms with Crippen LogP contribution in [0.1, 0.15) is 32.3 Å². The number of fused-ring (bicyclic) bond motifs is 1. The van der Waals surface area contributed by atoms with Gasteiger partial charge in [-0.3, -0.25) is 4.79 Å². The van der Waals surface area contributed by atoms with E-state index in [2.05, 4.69) is 5.32 Å². The van der Waals surface area contributed by atoms with Gasteiger partial charge >= 0.3 is 0 Å². The van der Waals surface area contributed by atoms with E-state index in [0.717, 1.165) is 29.9 Å². The van der Waals surface area contributed by atoms with Crippen LogP contribution in [0.3, 0.4) is 0 Å². The summed E-state index contributed by atoms with van der Waals surface area (Å²) >= 11 is 0. The number of benzene rings is 2. The van der Waals surface area contributed by atoms with Crippen LogP contribution in [0.4, 0.5) is 10.1 Å². The first-order valence-electron chi connectivity index (χ1n) is 10.8. The molecule has 7 nitrogen and oxygen atoms in total. The Bertz CT molecular complexity index is 1100. The zero-order chi connectivity index (χ0) is 22.9. The number of sulfonamides is 1. The van der Waals surface area contributed by atoms with E-state index >= 15 is 0 Å². The minimum atomic E-state index is -3.81. The molecule has 0 bridgehead atoms. The van der Waals surface area contributed by atoms with Crippen molar-refractivity contribution < 1.29 is 27.1 Å². The Kier molecular flexibility index (Phi) is 6.39. The fourth-order valence-electron chi connectivity index (χ4n) is 4.18. The molecule has 0 aromatic heterocycles. The van der Waals surface area contributed by atoms with Gasteiger partial charge in [-0.15, -0.1) is 0 Å². The van der Waals surface area contributed by atoms with Crippen molar-refractivity contribution in [2.75, 3.05) is 25.0 Å². The second kappa shape index (κ2) is 9.07. The van der Waals surface area contributed by atoms with Gasteiger partial charge in [0.2, 0.25) is 15.9 Å². The summed E-state index contributed by atoms with van der Waals surface area (Å²) < 4.78 is 51.9. The Labute approximate surface area is 187 Å². The lowest BCUT2D eigenvalue weighted by atomic mass is 9.98. The van der Waals surface area contributed by atoms with Crippen LogP contribution >= 0.6 is 0 Å². The first kappa shape index (κ1) is 22.5. The van der Waals surface area contributed by atoms with E-state index in [4.69, 9.17) is 9.47 Å². The van der Waals surface area contributed by atoms with Crippen LogP contribution in [-0.4, -0.2) is 44.4 Å². The highest BCUT2D eigenvalue weighted by molar-refractivity contribution is 7.89. The number of amides is 1. The Hall–Kier alpha value is -2.65. The summed E-state index contributed by atoms with van der Waals surface area (Å²) in [5.41, 5.74) is 1.55. The summed E-state index contributed by atoms with van der Waals surface area (Å²) in [5, 5.41) is 2.91. The van der Waals surface area contributed by atoms with Gasteiger partial charge in [0.1, 0.15) is 23.4 Å². The lowest BCUT2D eigenvalue weighted by Gasteiger charge is -2.31. The molecule has 9 heteroatoms. The fourth-order valence-corrected chi connectivity index (χ4v) is 5.70. The number of nitrogens with one attached hydrogen (secondary N) is 1. The minimum Gasteiger partial charge on any atom is -0.492 e. The van der Waals surface area contributed by atoms with Crippen molar-refractivity contribution in [2.45, 2.75) is 44.1 Å². The number of halogens is 1. The van der Waals surface area contributed by atoms with Crippen molar-refractivity contribution >= 4 is 21.6 Å². The lowest BCUT2D eigenvalue weighted by Crippen LogP contribution is -2.43. The average Bonchev–Trinajstić information content (AvgIpc) is 3.13. The summed E-state index contributed by atoms with van der Waals surface area (Å²) in [5.74, 6) is 0.0134. The number of piperidine rings is 1. The van der Waals surface area contributed by atoms with E-state index in [0.29, 0.717) is 37.4 Å². The molecule has 0 saturated carbocycles. The second-order valence-corrected chi connectivity index (χ2v) is 10.1. The zero-order valence-corrected chi connectivity index (χ0v) is 19.0. The van der Waals surface area contributed by atoms with Crippen LogP contribution < -0.4 is 14.8 Å². The predicted molar refractivity (Wildman–Crippen MR) is 118 cm³/mol. The largest absolute Gasteiger partial charge is 0.492 e. The van der Waals surface area contributed by atoms with Crippen LogP contribution in [0, 0.1) is 11.7 Å². The Balaban J connectivity index is 1.50. The van der Waals surface area contributed by atoms with Gasteiger partial charge < -0.3 is 14.8 Å². The number of rotatable bonds is 6. The van der Waals surface area contributed by atoms with Crippen molar-refractivity contribution in [2.24, 2.45) is 5.92 Å². The first-order valence-corrected chi connectivity index (χ1v) is 12.2. The number of hydrogen-bond acceptors (Lipinski definition) is 5. The summed E-state index contributed by atoms with van der Waals surface area (Å²) in [6, 6.07) is 8.39. The van der Waals surface area contributed by atoms with E-state index in [9.17, 15) is 17.6 Å². The molecule has 4 rings (SSSR count). The molecule has 2 atom stereocenters. The van der Waals surface area contributed by atoms with Crippen molar-refractivity contribution in [3.63, 3.8) is 0 Å². The van der Waals surface area contributed by atoms with Crippen molar-refractivity contribution in [3.8, 4) is 11.5 Å². The molecule has 32 heavy (non-hydrogen) atoms. The highest BCUT2D eigenvalue weighted by Crippen LogP contribution is 2.38. The molecule has 0 aliphatic carbocycles. The number of nitrogens with zero attached hydrogens (tertiary/aromatic N) is 1. The number of hydrogen-bond donors (Lipinski definition) is 1. The van der Waals surface area contributed by atoms with Crippen LogP contribution in [0.15, 0.2) is 41.3 Å². The third kappa shape index (κ3) is 4.59. The maximum absolute atomic E-state index is 13.2. The van der Waals surface area contributed by atoms with Gasteiger partial charge in [-0.05, 0) is 57.0 Å². The fraction of sp³-hybridized carbons (Fsp3) is 0.435. The van der Waals surface area contributed by atoms with Crippen LogP contribution in [0.2, 0.25) is 0 Å². The number of carbonyl (C=O) groups excluding carboxylic acids is 1. The quantitative estimate of drug-likeness (QED) is 0.709. The molecule has 172 valence electrons. The standard InChI is InChI=1S/C23H27FN2O5S/c1-3-30-22-12-17-11-15(2)31-21(17)13-20(22)25-23(27)16-5-4-10-26(14-16)32(28,29)19-8-6-18(24)7-9-19/h6-9,12-13,15-16H,3-5,10-11,14H2,1-2H3,(H,25,27)/t15-,16+/m0/s1. The van der Waals surface area contributed by atoms with E-state index in [1.165, 1.54) is 16.4 Å². The zero-order valence-electron chi connectivity index (χ0n) is 18.1. The van der Waals surface area contributed by atoms with E-state index in [1.54, 1.807) is 6.07 Å². The van der Waals surface area contributed by atoms with E-state index in [1.807, 2.05) is 19.9 Å². The molecular formula is C23H27FN2O5S. The average molecular weight is 463 g/mol. The van der Waals surface area contributed by atoms with Crippen LogP contribution in [-0.2, 0) is 21.2 Å². The van der Waals surface area contributed by atoms with Gasteiger partial charge in [0.05, 0.1) is 23.1 Å². The third-order valence-electron chi connectivity index (χ3n) is 5.76. The molecule has 1 amide bonds. The molecule has 2 aromatic rings. The minimum absolute atomic E-state index is 0.0171. The van der Waals surface area contributed by atoms with Gasteiger partial charge in [0.25, 0.3) is 0 Å². The molecule has 0 unspecified atom stereocenters. The highest BCUT2D eigenvalue weighted by Gasteiger charge is 2.34. The predicted octanol–water partition coefficient (Wildman–Crippen LogP) is 3.59. The molecular weight excluding hydrogens is 435 g/mol. The summed E-state index contributed by atoms with van der Waals surface area (Å²) in [6.45, 7) is 4.69. The summed E-state index contributed by atoms with van der Waals surface area (Å²) in [7, 11) is -3.81. The topological polar surface area (TPSA) is 84.9 Å². The Morgan fingerprint density at radius 1 is 1.28 bits per heavy atom. The molecule has 1 saturated heterocycles. The monoisotopic (exact) mass is 462 g/mol. The van der Waals surface area contributed by atoms with E-state index < -0.39 is 21.8 Å². The molecule has 1 fully saturated rings. The molecule has 2 aromatic carbocycles. The van der Waals surface area contributed by atoms with Gasteiger partial charge in [0.15, 0.2) is 0 Å². The SMILES string of the molecule is CCOc1cc2c(cc1NC(=O)[C@@H]1CCCN(S(=O)(=O)c3ccc(F)cc3)C1)O[C@@H](C)C2. The van der Waals surface area contributed by atoms with Crippen molar-refractivity contribution in [1.29, 1.82) is 0 Å². The maximum atomic E-state index is 13.2. The van der Waals surface area contributed by atoms with Gasteiger partial charge in [-0.1, -0.05) is 0 Å². The number of ether oxygens (including phenoxy) is 2. The second-order valence-electron chi connectivity index (χ2n) is 8.17.